The normalized spacial score (nSPS) is 12.8. The molecule has 0 aromatic carbocycles. The minimum absolute atomic E-state index is 0.616. The molecule has 3 heteroatoms. The Morgan fingerprint density at radius 1 is 1.25 bits per heavy atom. The first kappa shape index (κ1) is 17.1. The van der Waals surface area contributed by atoms with Crippen molar-refractivity contribution in [1.82, 2.24) is 15.2 Å². The monoisotopic (exact) mass is 277 g/mol. The van der Waals surface area contributed by atoms with Crippen LogP contribution < -0.4 is 5.32 Å². The van der Waals surface area contributed by atoms with Gasteiger partial charge in [-0.2, -0.15) is 0 Å². The summed E-state index contributed by atoms with van der Waals surface area (Å²) in [5.41, 5.74) is 2.29. The molecule has 1 rings (SSSR count). The number of aryl methyl sites for hydroxylation is 1. The molecule has 0 bridgehead atoms. The lowest BCUT2D eigenvalue weighted by Gasteiger charge is -2.27. The molecule has 0 aliphatic carbocycles. The molecule has 20 heavy (non-hydrogen) atoms. The third kappa shape index (κ3) is 6.49. The van der Waals surface area contributed by atoms with E-state index < -0.39 is 0 Å². The van der Waals surface area contributed by atoms with Crippen LogP contribution in [0.3, 0.4) is 0 Å². The average molecular weight is 277 g/mol. The summed E-state index contributed by atoms with van der Waals surface area (Å²) in [5, 5.41) is 3.47. The van der Waals surface area contributed by atoms with Crippen molar-refractivity contribution < 1.29 is 0 Å². The predicted octanol–water partition coefficient (Wildman–Crippen LogP) is 3.38. The molecule has 0 radical (unpaired) electrons. The summed E-state index contributed by atoms with van der Waals surface area (Å²) in [6.45, 7) is 13.2. The summed E-state index contributed by atoms with van der Waals surface area (Å²) in [7, 11) is 0. The molecule has 0 amide bonds. The standard InChI is InChI=1S/C17H31N3/c1-5-12-18-13-8-10-16(4)20(6-2)14-17-11-7-9-15(3)19-17/h7,9,11,16,18H,5-6,8,10,12-14H2,1-4H3. The van der Waals surface area contributed by atoms with Crippen molar-refractivity contribution in [1.29, 1.82) is 0 Å². The highest BCUT2D eigenvalue weighted by Gasteiger charge is 2.12. The van der Waals surface area contributed by atoms with Gasteiger partial charge in [0.2, 0.25) is 0 Å². The Kier molecular flexibility index (Phi) is 8.47. The van der Waals surface area contributed by atoms with Crippen LogP contribution in [0.5, 0.6) is 0 Å². The molecule has 3 nitrogen and oxygen atoms in total. The number of nitrogens with zero attached hydrogens (tertiary/aromatic N) is 2. The fourth-order valence-electron chi connectivity index (χ4n) is 2.48. The number of aromatic nitrogens is 1. The van der Waals surface area contributed by atoms with Gasteiger partial charge >= 0.3 is 0 Å². The first-order chi connectivity index (χ1) is 9.67. The van der Waals surface area contributed by atoms with E-state index in [0.717, 1.165) is 31.9 Å². The van der Waals surface area contributed by atoms with Gasteiger partial charge in [-0.05, 0) is 64.9 Å². The largest absolute Gasteiger partial charge is 0.317 e. The highest BCUT2D eigenvalue weighted by Crippen LogP contribution is 2.11. The van der Waals surface area contributed by atoms with Crippen LogP contribution in [-0.2, 0) is 6.54 Å². The third-order valence-electron chi connectivity index (χ3n) is 3.74. The molecular formula is C17H31N3. The summed E-state index contributed by atoms with van der Waals surface area (Å²) < 4.78 is 0. The topological polar surface area (TPSA) is 28.2 Å². The van der Waals surface area contributed by atoms with Crippen molar-refractivity contribution in [2.75, 3.05) is 19.6 Å². The Morgan fingerprint density at radius 3 is 2.70 bits per heavy atom. The van der Waals surface area contributed by atoms with Gasteiger partial charge in [0.15, 0.2) is 0 Å². The number of nitrogens with one attached hydrogen (secondary N) is 1. The fraction of sp³-hybridized carbons (Fsp3) is 0.706. The van der Waals surface area contributed by atoms with Crippen molar-refractivity contribution in [2.24, 2.45) is 0 Å². The van der Waals surface area contributed by atoms with Crippen molar-refractivity contribution in [2.45, 2.75) is 59.5 Å². The quantitative estimate of drug-likeness (QED) is 0.665. The number of hydrogen-bond donors (Lipinski definition) is 1. The van der Waals surface area contributed by atoms with Gasteiger partial charge < -0.3 is 5.32 Å². The average Bonchev–Trinajstić information content (AvgIpc) is 2.44. The maximum atomic E-state index is 4.61. The summed E-state index contributed by atoms with van der Waals surface area (Å²) in [4.78, 5) is 7.13. The van der Waals surface area contributed by atoms with Crippen molar-refractivity contribution >= 4 is 0 Å². The molecule has 1 aromatic heterocycles. The van der Waals surface area contributed by atoms with E-state index in [-0.39, 0.29) is 0 Å². The van der Waals surface area contributed by atoms with Gasteiger partial charge in [-0.15, -0.1) is 0 Å². The van der Waals surface area contributed by atoms with E-state index in [9.17, 15) is 0 Å². The van der Waals surface area contributed by atoms with Gasteiger partial charge in [-0.3, -0.25) is 9.88 Å². The molecular weight excluding hydrogens is 246 g/mol. The smallest absolute Gasteiger partial charge is 0.0547 e. The Morgan fingerprint density at radius 2 is 2.05 bits per heavy atom. The van der Waals surface area contributed by atoms with Gasteiger partial charge in [-0.25, -0.2) is 0 Å². The molecule has 0 spiro atoms. The predicted molar refractivity (Wildman–Crippen MR) is 86.9 cm³/mol. The third-order valence-corrected chi connectivity index (χ3v) is 3.74. The Bertz CT molecular complexity index is 365. The summed E-state index contributed by atoms with van der Waals surface area (Å²) >= 11 is 0. The number of rotatable bonds is 10. The Labute approximate surface area is 124 Å². The van der Waals surface area contributed by atoms with Gasteiger partial charge in [0.25, 0.3) is 0 Å². The maximum Gasteiger partial charge on any atom is 0.0547 e. The molecule has 1 aromatic rings. The zero-order valence-electron chi connectivity index (χ0n) is 13.7. The molecule has 1 atom stereocenters. The van der Waals surface area contributed by atoms with Crippen LogP contribution in [-0.4, -0.2) is 35.6 Å². The lowest BCUT2D eigenvalue weighted by molar-refractivity contribution is 0.196. The van der Waals surface area contributed by atoms with E-state index in [0.29, 0.717) is 6.04 Å². The second kappa shape index (κ2) is 9.89. The van der Waals surface area contributed by atoms with Crippen molar-refractivity contribution in [3.8, 4) is 0 Å². The Hall–Kier alpha value is -0.930. The molecule has 1 heterocycles. The van der Waals surface area contributed by atoms with Gasteiger partial charge in [0, 0.05) is 18.3 Å². The first-order valence-corrected chi connectivity index (χ1v) is 8.04. The van der Waals surface area contributed by atoms with Crippen LogP contribution in [0.1, 0.15) is 51.4 Å². The molecule has 0 saturated heterocycles. The van der Waals surface area contributed by atoms with Gasteiger partial charge in [0.1, 0.15) is 0 Å². The van der Waals surface area contributed by atoms with E-state index in [1.54, 1.807) is 0 Å². The zero-order valence-corrected chi connectivity index (χ0v) is 13.7. The lowest BCUT2D eigenvalue weighted by Crippen LogP contribution is -2.33. The molecule has 0 aliphatic rings. The zero-order chi connectivity index (χ0) is 14.8. The summed E-state index contributed by atoms with van der Waals surface area (Å²) in [5.74, 6) is 0. The van der Waals surface area contributed by atoms with E-state index >= 15 is 0 Å². The highest BCUT2D eigenvalue weighted by atomic mass is 15.1. The molecule has 0 saturated carbocycles. The van der Waals surface area contributed by atoms with Crippen LogP contribution in [0, 0.1) is 6.92 Å². The second-order valence-corrected chi connectivity index (χ2v) is 5.57. The Balaban J connectivity index is 2.37. The van der Waals surface area contributed by atoms with Crippen LogP contribution in [0.15, 0.2) is 18.2 Å². The van der Waals surface area contributed by atoms with Crippen molar-refractivity contribution in [3.63, 3.8) is 0 Å². The van der Waals surface area contributed by atoms with Crippen LogP contribution >= 0.6 is 0 Å². The van der Waals surface area contributed by atoms with Gasteiger partial charge in [-0.1, -0.05) is 19.9 Å². The second-order valence-electron chi connectivity index (χ2n) is 5.57. The molecule has 1 N–H and O–H groups in total. The van der Waals surface area contributed by atoms with Crippen molar-refractivity contribution in [3.05, 3.63) is 29.6 Å². The maximum absolute atomic E-state index is 4.61. The van der Waals surface area contributed by atoms with E-state index in [2.05, 4.69) is 61.1 Å². The van der Waals surface area contributed by atoms with E-state index in [1.165, 1.54) is 25.0 Å². The molecule has 114 valence electrons. The highest BCUT2D eigenvalue weighted by molar-refractivity contribution is 5.09. The van der Waals surface area contributed by atoms with Crippen LogP contribution in [0.2, 0.25) is 0 Å². The molecule has 1 unspecified atom stereocenters. The summed E-state index contributed by atoms with van der Waals surface area (Å²) in [6, 6.07) is 6.91. The van der Waals surface area contributed by atoms with E-state index in [1.807, 2.05) is 0 Å². The fourth-order valence-corrected chi connectivity index (χ4v) is 2.48. The van der Waals surface area contributed by atoms with E-state index in [4.69, 9.17) is 0 Å². The SMILES string of the molecule is CCCNCCCC(C)N(CC)Cc1cccc(C)n1. The van der Waals surface area contributed by atoms with Crippen LogP contribution in [0.25, 0.3) is 0 Å². The lowest BCUT2D eigenvalue weighted by atomic mass is 10.1. The first-order valence-electron chi connectivity index (χ1n) is 8.04. The number of hydrogen-bond acceptors (Lipinski definition) is 3. The van der Waals surface area contributed by atoms with Crippen LogP contribution in [0.4, 0.5) is 0 Å². The minimum atomic E-state index is 0.616. The minimum Gasteiger partial charge on any atom is -0.317 e. The molecule has 0 fully saturated rings. The number of pyridine rings is 1. The van der Waals surface area contributed by atoms with Gasteiger partial charge in [0.05, 0.1) is 5.69 Å². The molecule has 0 aliphatic heterocycles. The summed E-state index contributed by atoms with van der Waals surface area (Å²) in [6.07, 6.45) is 3.71.